The number of halogens is 1. The summed E-state index contributed by atoms with van der Waals surface area (Å²) in [6.07, 6.45) is -1.03. The highest BCUT2D eigenvalue weighted by atomic mass is 32.1. The van der Waals surface area contributed by atoms with Gasteiger partial charge < -0.3 is 15.4 Å². The van der Waals surface area contributed by atoms with Crippen molar-refractivity contribution in [1.29, 1.82) is 0 Å². The Hall–Kier alpha value is -4.08. The first-order valence-electron chi connectivity index (χ1n) is 12.3. The van der Waals surface area contributed by atoms with Gasteiger partial charge in [0.05, 0.1) is 24.5 Å². The molecule has 0 bridgehead atoms. The predicted molar refractivity (Wildman–Crippen MR) is 146 cm³/mol. The minimum Gasteiger partial charge on any atom is -0.442 e. The van der Waals surface area contributed by atoms with E-state index in [1.807, 2.05) is 42.5 Å². The molecule has 1 fully saturated rings. The van der Waals surface area contributed by atoms with Crippen LogP contribution in [0.3, 0.4) is 0 Å². The Labute approximate surface area is 224 Å². The maximum atomic E-state index is 15.0. The first-order valence-corrected chi connectivity index (χ1v) is 13.2. The van der Waals surface area contributed by atoms with Crippen LogP contribution in [0.15, 0.2) is 78.2 Å². The van der Waals surface area contributed by atoms with Crippen molar-refractivity contribution in [3.05, 3.63) is 95.3 Å². The topological polar surface area (TPSA) is 83.6 Å². The molecule has 3 aromatic carbocycles. The first kappa shape index (κ1) is 25.6. The molecule has 38 heavy (non-hydrogen) atoms. The Morgan fingerprint density at radius 2 is 1.87 bits per heavy atom. The molecule has 2 heterocycles. The molecule has 194 valence electrons. The molecule has 0 spiro atoms. The lowest BCUT2D eigenvalue weighted by Crippen LogP contribution is -2.33. The van der Waals surface area contributed by atoms with Crippen LogP contribution in [0.1, 0.15) is 18.2 Å². The van der Waals surface area contributed by atoms with E-state index in [-0.39, 0.29) is 19.0 Å². The van der Waals surface area contributed by atoms with Crippen molar-refractivity contribution in [3.63, 3.8) is 0 Å². The van der Waals surface area contributed by atoms with Gasteiger partial charge in [0.1, 0.15) is 16.9 Å². The molecule has 0 saturated carbocycles. The number of rotatable bonds is 9. The van der Waals surface area contributed by atoms with Gasteiger partial charge in [0.25, 0.3) is 0 Å². The van der Waals surface area contributed by atoms with Gasteiger partial charge in [-0.1, -0.05) is 54.6 Å². The number of carbonyl (C=O) groups is 2. The van der Waals surface area contributed by atoms with Crippen molar-refractivity contribution in [2.75, 3.05) is 18.0 Å². The molecule has 2 amide bonds. The average Bonchev–Trinajstić information content (AvgIpc) is 3.55. The number of carbonyl (C=O) groups excluding carboxylic acids is 2. The molecule has 1 saturated heterocycles. The van der Waals surface area contributed by atoms with Crippen LogP contribution in [-0.2, 0) is 22.6 Å². The smallest absolute Gasteiger partial charge is 0.414 e. The van der Waals surface area contributed by atoms with E-state index in [9.17, 15) is 9.59 Å². The Balaban J connectivity index is 1.16. The Bertz CT molecular complexity index is 1430. The van der Waals surface area contributed by atoms with Crippen LogP contribution in [0, 0.1) is 5.82 Å². The number of benzene rings is 3. The average molecular weight is 531 g/mol. The van der Waals surface area contributed by atoms with Crippen LogP contribution in [0.25, 0.3) is 21.7 Å². The van der Waals surface area contributed by atoms with Crippen LogP contribution in [-0.4, -0.2) is 36.2 Å². The maximum Gasteiger partial charge on any atom is 0.414 e. The van der Waals surface area contributed by atoms with E-state index in [1.54, 1.807) is 23.5 Å². The van der Waals surface area contributed by atoms with Crippen LogP contribution >= 0.6 is 11.3 Å². The highest BCUT2D eigenvalue weighted by Gasteiger charge is 2.32. The van der Waals surface area contributed by atoms with E-state index in [2.05, 4.69) is 28.1 Å². The summed E-state index contributed by atoms with van der Waals surface area (Å²) in [6, 6.07) is 22.5. The van der Waals surface area contributed by atoms with Gasteiger partial charge >= 0.3 is 6.09 Å². The summed E-state index contributed by atoms with van der Waals surface area (Å²) >= 11 is 1.63. The molecular formula is C29H27FN4O3S. The van der Waals surface area contributed by atoms with E-state index in [1.165, 1.54) is 17.9 Å². The Morgan fingerprint density at radius 1 is 1.08 bits per heavy atom. The van der Waals surface area contributed by atoms with Gasteiger partial charge in [0, 0.05) is 36.5 Å². The van der Waals surface area contributed by atoms with Crippen LogP contribution in [0.4, 0.5) is 14.9 Å². The highest BCUT2D eigenvalue weighted by molar-refractivity contribution is 7.13. The molecule has 9 heteroatoms. The maximum absolute atomic E-state index is 15.0. The molecular weight excluding hydrogens is 503 g/mol. The molecule has 1 atom stereocenters. The third-order valence-corrected chi connectivity index (χ3v) is 7.13. The Kier molecular flexibility index (Phi) is 7.76. The van der Waals surface area contributed by atoms with Crippen LogP contribution in [0.5, 0.6) is 0 Å². The fourth-order valence-corrected chi connectivity index (χ4v) is 5.07. The predicted octanol–water partition coefficient (Wildman–Crippen LogP) is 5.37. The van der Waals surface area contributed by atoms with Gasteiger partial charge in [-0.3, -0.25) is 9.69 Å². The molecule has 5 rings (SSSR count). The number of aromatic nitrogens is 1. The fraction of sp³-hybridized carbons (Fsp3) is 0.207. The van der Waals surface area contributed by atoms with E-state index >= 15 is 4.39 Å². The lowest BCUT2D eigenvalue weighted by molar-refractivity contribution is -0.119. The number of ether oxygens (including phenoxy) is 1. The molecule has 2 N–H and O–H groups in total. The third kappa shape index (κ3) is 6.07. The van der Waals surface area contributed by atoms with E-state index in [4.69, 9.17) is 9.72 Å². The van der Waals surface area contributed by atoms with Crippen molar-refractivity contribution >= 4 is 29.0 Å². The number of anilines is 1. The second-order valence-electron chi connectivity index (χ2n) is 9.03. The normalized spacial score (nSPS) is 14.9. The summed E-state index contributed by atoms with van der Waals surface area (Å²) < 4.78 is 20.3. The molecule has 7 nitrogen and oxygen atoms in total. The van der Waals surface area contributed by atoms with Gasteiger partial charge in [0.2, 0.25) is 5.91 Å². The standard InChI is InChI=1S/C29H27FN4O3S/c1-19(35)32-16-25-17-34(29(36)37-25)24-11-12-26(27(30)13-24)21-9-7-20(8-10-21)14-31-15-23-18-38-28(33-23)22-5-3-2-4-6-22/h2-13,18,25,31H,14-17H2,1H3,(H,32,35)/t25-/m0/s1. The number of hydrogen-bond acceptors (Lipinski definition) is 6. The van der Waals surface area contributed by atoms with Crippen LogP contribution < -0.4 is 15.5 Å². The van der Waals surface area contributed by atoms with E-state index in [0.29, 0.717) is 24.3 Å². The fourth-order valence-electron chi connectivity index (χ4n) is 4.24. The summed E-state index contributed by atoms with van der Waals surface area (Å²) in [5, 5.41) is 9.11. The van der Waals surface area contributed by atoms with Crippen molar-refractivity contribution in [2.45, 2.75) is 26.1 Å². The molecule has 0 unspecified atom stereocenters. The number of nitrogens with one attached hydrogen (secondary N) is 2. The van der Waals surface area contributed by atoms with Gasteiger partial charge in [-0.25, -0.2) is 14.2 Å². The lowest BCUT2D eigenvalue weighted by Gasteiger charge is -2.15. The minimum atomic E-state index is -0.557. The quantitative estimate of drug-likeness (QED) is 0.304. The lowest BCUT2D eigenvalue weighted by atomic mass is 10.0. The van der Waals surface area contributed by atoms with E-state index in [0.717, 1.165) is 27.4 Å². The molecule has 1 aliphatic heterocycles. The number of cyclic esters (lactones) is 1. The Morgan fingerprint density at radius 3 is 2.61 bits per heavy atom. The van der Waals surface area contributed by atoms with Crippen molar-refractivity contribution in [3.8, 4) is 21.7 Å². The van der Waals surface area contributed by atoms with Gasteiger partial charge in [-0.05, 0) is 29.3 Å². The first-order chi connectivity index (χ1) is 18.5. The van der Waals surface area contributed by atoms with Gasteiger partial charge in [-0.2, -0.15) is 0 Å². The number of nitrogens with zero attached hydrogens (tertiary/aromatic N) is 2. The molecule has 1 aromatic heterocycles. The SMILES string of the molecule is CC(=O)NC[C@H]1CN(c2ccc(-c3ccc(CNCc4csc(-c5ccccc5)n4)cc3)c(F)c2)C(=O)O1. The zero-order valence-electron chi connectivity index (χ0n) is 20.8. The second kappa shape index (κ2) is 11.5. The monoisotopic (exact) mass is 530 g/mol. The molecule has 0 radical (unpaired) electrons. The highest BCUT2D eigenvalue weighted by Crippen LogP contribution is 2.29. The molecule has 4 aromatic rings. The largest absolute Gasteiger partial charge is 0.442 e. The van der Waals surface area contributed by atoms with Gasteiger partial charge in [0.15, 0.2) is 0 Å². The summed E-state index contributed by atoms with van der Waals surface area (Å²) in [4.78, 5) is 29.4. The number of hydrogen-bond donors (Lipinski definition) is 2. The second-order valence-corrected chi connectivity index (χ2v) is 9.89. The summed E-state index contributed by atoms with van der Waals surface area (Å²) in [7, 11) is 0. The summed E-state index contributed by atoms with van der Waals surface area (Å²) in [5.74, 6) is -0.627. The summed E-state index contributed by atoms with van der Waals surface area (Å²) in [6.45, 7) is 3.18. The molecule has 0 aliphatic carbocycles. The zero-order valence-corrected chi connectivity index (χ0v) is 21.6. The van der Waals surface area contributed by atoms with Crippen molar-refractivity contribution in [2.24, 2.45) is 0 Å². The van der Waals surface area contributed by atoms with Crippen molar-refractivity contribution < 1.29 is 18.7 Å². The summed E-state index contributed by atoms with van der Waals surface area (Å²) in [5.41, 5.74) is 4.81. The van der Waals surface area contributed by atoms with Crippen LogP contribution in [0.2, 0.25) is 0 Å². The zero-order chi connectivity index (χ0) is 26.5. The van der Waals surface area contributed by atoms with Crippen molar-refractivity contribution in [1.82, 2.24) is 15.6 Å². The number of amides is 2. The minimum absolute atomic E-state index is 0.200. The van der Waals surface area contributed by atoms with E-state index < -0.39 is 18.0 Å². The number of thiazole rings is 1. The third-order valence-electron chi connectivity index (χ3n) is 6.19. The van der Waals surface area contributed by atoms with Gasteiger partial charge in [-0.15, -0.1) is 11.3 Å². The molecule has 1 aliphatic rings.